The summed E-state index contributed by atoms with van der Waals surface area (Å²) in [6.45, 7) is 6.34. The highest BCUT2D eigenvalue weighted by Gasteiger charge is 2.23. The van der Waals surface area contributed by atoms with Gasteiger partial charge in [-0.2, -0.15) is 0 Å². The molecule has 0 radical (unpaired) electrons. The van der Waals surface area contributed by atoms with Gasteiger partial charge in [0, 0.05) is 17.0 Å². The van der Waals surface area contributed by atoms with Gasteiger partial charge in [-0.15, -0.1) is 11.3 Å². The Morgan fingerprint density at radius 2 is 2.03 bits per heavy atom. The molecule has 4 rings (SSSR count). The maximum Gasteiger partial charge on any atom is 0.263 e. The zero-order chi connectivity index (χ0) is 20.5. The molecule has 1 N–H and O–H groups in total. The minimum atomic E-state index is -0.156. The summed E-state index contributed by atoms with van der Waals surface area (Å²) in [7, 11) is 0. The van der Waals surface area contributed by atoms with Gasteiger partial charge >= 0.3 is 0 Å². The first kappa shape index (κ1) is 19.8. The number of fused-ring (bicyclic) bond motifs is 1. The van der Waals surface area contributed by atoms with Crippen molar-refractivity contribution in [2.75, 3.05) is 0 Å². The number of aryl methyl sites for hydroxylation is 2. The number of benzene rings is 1. The molecule has 0 saturated heterocycles. The largest absolute Gasteiger partial charge is 0.352 e. The predicted molar refractivity (Wildman–Crippen MR) is 118 cm³/mol. The van der Waals surface area contributed by atoms with Crippen molar-refractivity contribution in [2.24, 2.45) is 5.92 Å². The molecule has 0 unspecified atom stereocenters. The minimum Gasteiger partial charge on any atom is -0.352 e. The molecular weight excluding hydrogens is 382 g/mol. The summed E-state index contributed by atoms with van der Waals surface area (Å²) in [5.41, 5.74) is 4.15. The molecule has 152 valence electrons. The van der Waals surface area contributed by atoms with Crippen LogP contribution in [0.25, 0.3) is 21.3 Å². The summed E-state index contributed by atoms with van der Waals surface area (Å²) in [6, 6.07) is 6.42. The van der Waals surface area contributed by atoms with Crippen molar-refractivity contribution in [1.82, 2.24) is 14.9 Å². The average Bonchev–Trinajstić information content (AvgIpc) is 3.13. The number of nitrogens with zero attached hydrogens (tertiary/aromatic N) is 2. The van der Waals surface area contributed by atoms with Gasteiger partial charge in [0.2, 0.25) is 5.91 Å². The molecule has 29 heavy (non-hydrogen) atoms. The monoisotopic (exact) mass is 409 g/mol. The summed E-state index contributed by atoms with van der Waals surface area (Å²) in [4.78, 5) is 30.9. The van der Waals surface area contributed by atoms with Gasteiger partial charge in [-0.1, -0.05) is 38.0 Å². The number of rotatable bonds is 4. The van der Waals surface area contributed by atoms with Gasteiger partial charge in [0.1, 0.15) is 11.4 Å². The van der Waals surface area contributed by atoms with Gasteiger partial charge in [0.15, 0.2) is 0 Å². The van der Waals surface area contributed by atoms with Gasteiger partial charge in [-0.3, -0.25) is 14.2 Å². The van der Waals surface area contributed by atoms with Crippen LogP contribution in [0.4, 0.5) is 0 Å². The Morgan fingerprint density at radius 3 is 2.79 bits per heavy atom. The number of carbonyl (C=O) groups is 1. The van der Waals surface area contributed by atoms with Crippen molar-refractivity contribution in [3.05, 3.63) is 51.4 Å². The lowest BCUT2D eigenvalue weighted by Crippen LogP contribution is -2.43. The molecule has 0 spiro atoms. The van der Waals surface area contributed by atoms with Gasteiger partial charge < -0.3 is 5.32 Å². The Balaban J connectivity index is 1.62. The van der Waals surface area contributed by atoms with Crippen molar-refractivity contribution in [3.8, 4) is 11.1 Å². The van der Waals surface area contributed by atoms with Crippen LogP contribution in [0.5, 0.6) is 0 Å². The highest BCUT2D eigenvalue weighted by atomic mass is 32.1. The predicted octanol–water partition coefficient (Wildman–Crippen LogP) is 4.44. The number of amides is 1. The van der Waals surface area contributed by atoms with Crippen molar-refractivity contribution in [1.29, 1.82) is 0 Å². The SMILES string of the molecule is Cc1ccc(-c2csc3ncn(CC(=O)N[C@H]4CCCC[C@H]4C)c(=O)c23)cc1C. The molecule has 1 amide bonds. The highest BCUT2D eigenvalue weighted by molar-refractivity contribution is 7.17. The van der Waals surface area contributed by atoms with Gasteiger partial charge in [-0.05, 0) is 49.3 Å². The third-order valence-corrected chi connectivity index (χ3v) is 7.04. The highest BCUT2D eigenvalue weighted by Crippen LogP contribution is 2.31. The first-order valence-electron chi connectivity index (χ1n) is 10.3. The van der Waals surface area contributed by atoms with E-state index in [4.69, 9.17) is 0 Å². The second-order valence-corrected chi connectivity index (χ2v) is 9.10. The van der Waals surface area contributed by atoms with Crippen molar-refractivity contribution >= 4 is 27.5 Å². The zero-order valence-electron chi connectivity index (χ0n) is 17.2. The molecule has 2 heterocycles. The molecule has 1 aliphatic rings. The fraction of sp³-hybridized carbons (Fsp3) is 0.435. The number of thiophene rings is 1. The van der Waals surface area contributed by atoms with E-state index < -0.39 is 0 Å². The molecule has 6 heteroatoms. The summed E-state index contributed by atoms with van der Waals surface area (Å²) < 4.78 is 1.43. The van der Waals surface area contributed by atoms with Crippen LogP contribution in [0, 0.1) is 19.8 Å². The third kappa shape index (κ3) is 3.99. The summed E-state index contributed by atoms with van der Waals surface area (Å²) >= 11 is 1.46. The van der Waals surface area contributed by atoms with E-state index in [1.54, 1.807) is 0 Å². The van der Waals surface area contributed by atoms with Crippen LogP contribution >= 0.6 is 11.3 Å². The molecule has 5 nitrogen and oxygen atoms in total. The normalized spacial score (nSPS) is 19.4. The van der Waals surface area contributed by atoms with E-state index in [9.17, 15) is 9.59 Å². The summed E-state index contributed by atoms with van der Waals surface area (Å²) in [6.07, 6.45) is 6.03. The van der Waals surface area contributed by atoms with Crippen molar-refractivity contribution in [3.63, 3.8) is 0 Å². The maximum absolute atomic E-state index is 13.2. The van der Waals surface area contributed by atoms with Gasteiger partial charge in [0.05, 0.1) is 11.7 Å². The van der Waals surface area contributed by atoms with Gasteiger partial charge in [0.25, 0.3) is 5.56 Å². The Morgan fingerprint density at radius 1 is 1.24 bits per heavy atom. The fourth-order valence-electron chi connectivity index (χ4n) is 4.14. The molecule has 1 aliphatic carbocycles. The lowest BCUT2D eigenvalue weighted by Gasteiger charge is -2.29. The van der Waals surface area contributed by atoms with Gasteiger partial charge in [-0.25, -0.2) is 4.98 Å². The number of hydrogen-bond acceptors (Lipinski definition) is 4. The Bertz CT molecular complexity index is 1110. The smallest absolute Gasteiger partial charge is 0.263 e. The topological polar surface area (TPSA) is 64.0 Å². The number of carbonyl (C=O) groups excluding carboxylic acids is 1. The zero-order valence-corrected chi connectivity index (χ0v) is 18.0. The molecule has 1 aromatic carbocycles. The Kier molecular flexibility index (Phi) is 5.54. The lowest BCUT2D eigenvalue weighted by molar-refractivity contribution is -0.123. The molecule has 2 atom stereocenters. The number of nitrogens with one attached hydrogen (secondary N) is 1. The molecule has 3 aromatic rings. The van der Waals surface area contributed by atoms with E-state index >= 15 is 0 Å². The first-order chi connectivity index (χ1) is 13.9. The molecule has 2 aromatic heterocycles. The van der Waals surface area contributed by atoms with Crippen LogP contribution in [0.1, 0.15) is 43.7 Å². The van der Waals surface area contributed by atoms with Crippen molar-refractivity contribution < 1.29 is 4.79 Å². The summed E-state index contributed by atoms with van der Waals surface area (Å²) in [5.74, 6) is 0.369. The molecule has 1 fully saturated rings. The number of hydrogen-bond donors (Lipinski definition) is 1. The molecular formula is C23H27N3O2S. The van der Waals surface area contributed by atoms with Crippen LogP contribution in [0.3, 0.4) is 0 Å². The van der Waals surface area contributed by atoms with Crippen LogP contribution in [-0.4, -0.2) is 21.5 Å². The third-order valence-electron chi connectivity index (χ3n) is 6.15. The lowest BCUT2D eigenvalue weighted by atomic mass is 9.86. The summed E-state index contributed by atoms with van der Waals surface area (Å²) in [5, 5.41) is 5.70. The Hall–Kier alpha value is -2.47. The van der Waals surface area contributed by atoms with E-state index in [2.05, 4.69) is 43.2 Å². The quantitative estimate of drug-likeness (QED) is 0.693. The molecule has 1 saturated carbocycles. The fourth-order valence-corrected chi connectivity index (χ4v) is 5.05. The van der Waals surface area contributed by atoms with Crippen LogP contribution < -0.4 is 10.9 Å². The van der Waals surface area contributed by atoms with E-state index in [1.165, 1.54) is 39.8 Å². The number of aromatic nitrogens is 2. The second kappa shape index (κ2) is 8.11. The Labute approximate surface area is 174 Å². The van der Waals surface area contributed by atoms with Crippen molar-refractivity contribution in [2.45, 2.75) is 59.0 Å². The van der Waals surface area contributed by atoms with E-state index in [-0.39, 0.29) is 24.1 Å². The molecule has 0 aliphatic heterocycles. The average molecular weight is 410 g/mol. The minimum absolute atomic E-state index is 0.00715. The maximum atomic E-state index is 13.2. The van der Waals surface area contributed by atoms with E-state index in [0.29, 0.717) is 16.1 Å². The van der Waals surface area contributed by atoms with Crippen LogP contribution in [0.2, 0.25) is 0 Å². The molecule has 0 bridgehead atoms. The van der Waals surface area contributed by atoms with Crippen LogP contribution in [-0.2, 0) is 11.3 Å². The second-order valence-electron chi connectivity index (χ2n) is 8.24. The standard InChI is InChI=1S/C23H27N3O2S/c1-14-8-9-17(10-16(14)3)18-12-29-22-21(18)23(28)26(13-24-22)11-20(27)25-19-7-5-4-6-15(19)2/h8-10,12-13,15,19H,4-7,11H2,1-3H3,(H,25,27)/t15-,19+/m1/s1. The first-order valence-corrected chi connectivity index (χ1v) is 11.2. The van der Waals surface area contributed by atoms with Crippen LogP contribution in [0.15, 0.2) is 34.7 Å². The van der Waals surface area contributed by atoms with E-state index in [0.717, 1.165) is 30.4 Å². The van der Waals surface area contributed by atoms with E-state index in [1.807, 2.05) is 11.4 Å².